The van der Waals surface area contributed by atoms with Gasteiger partial charge < -0.3 is 15.2 Å². The standard InChI is InChI=1S/C17H17NO4/c1-12(17(21)18-11-16(19)20)14-9-5-6-10-15(14)22-13-7-3-2-4-8-13/h2-10,12H,11H2,1H3,(H,18,21)(H,19,20)/t12-/m1/s1. The highest BCUT2D eigenvalue weighted by atomic mass is 16.5. The van der Waals surface area contributed by atoms with Gasteiger partial charge in [0.25, 0.3) is 0 Å². The summed E-state index contributed by atoms with van der Waals surface area (Å²) in [6.45, 7) is 1.31. The topological polar surface area (TPSA) is 75.6 Å². The molecule has 0 aliphatic rings. The van der Waals surface area contributed by atoms with Crippen molar-refractivity contribution in [2.24, 2.45) is 0 Å². The first-order chi connectivity index (χ1) is 10.6. The van der Waals surface area contributed by atoms with Crippen molar-refractivity contribution in [1.82, 2.24) is 5.32 Å². The molecule has 114 valence electrons. The first-order valence-corrected chi connectivity index (χ1v) is 6.89. The van der Waals surface area contributed by atoms with Gasteiger partial charge in [-0.1, -0.05) is 36.4 Å². The zero-order chi connectivity index (χ0) is 15.9. The molecule has 0 aliphatic heterocycles. The number of carbonyl (C=O) groups is 2. The lowest BCUT2D eigenvalue weighted by molar-refractivity contribution is -0.138. The maximum atomic E-state index is 12.0. The molecule has 5 nitrogen and oxygen atoms in total. The molecule has 0 heterocycles. The SMILES string of the molecule is C[C@@H](C(=O)NCC(=O)O)c1ccccc1Oc1ccccc1. The molecular weight excluding hydrogens is 282 g/mol. The van der Waals surface area contributed by atoms with E-state index in [-0.39, 0.29) is 5.91 Å². The van der Waals surface area contributed by atoms with E-state index in [1.165, 1.54) is 0 Å². The Bertz CT molecular complexity index is 655. The Morgan fingerprint density at radius 3 is 2.41 bits per heavy atom. The highest BCUT2D eigenvalue weighted by molar-refractivity contribution is 5.86. The Balaban J connectivity index is 2.17. The van der Waals surface area contributed by atoms with Gasteiger partial charge in [-0.15, -0.1) is 0 Å². The minimum atomic E-state index is -1.07. The van der Waals surface area contributed by atoms with Crippen LogP contribution < -0.4 is 10.1 Å². The Morgan fingerprint density at radius 1 is 1.09 bits per heavy atom. The van der Waals surface area contributed by atoms with Crippen molar-refractivity contribution in [2.75, 3.05) is 6.54 Å². The molecule has 1 atom stereocenters. The summed E-state index contributed by atoms with van der Waals surface area (Å²) in [5.74, 6) is -0.695. The van der Waals surface area contributed by atoms with Crippen molar-refractivity contribution in [2.45, 2.75) is 12.8 Å². The smallest absolute Gasteiger partial charge is 0.322 e. The quantitative estimate of drug-likeness (QED) is 0.860. The molecule has 0 bridgehead atoms. The van der Waals surface area contributed by atoms with E-state index in [1.54, 1.807) is 19.1 Å². The molecular formula is C17H17NO4. The summed E-state index contributed by atoms with van der Waals surface area (Å²) in [5, 5.41) is 11.0. The molecule has 0 saturated heterocycles. The lowest BCUT2D eigenvalue weighted by Crippen LogP contribution is -2.32. The molecule has 0 unspecified atom stereocenters. The number of hydrogen-bond acceptors (Lipinski definition) is 3. The van der Waals surface area contributed by atoms with Crippen LogP contribution in [0.25, 0.3) is 0 Å². The largest absolute Gasteiger partial charge is 0.480 e. The summed E-state index contributed by atoms with van der Waals surface area (Å²) in [7, 11) is 0. The number of aliphatic carboxylic acids is 1. The summed E-state index contributed by atoms with van der Waals surface area (Å²) in [6, 6.07) is 16.5. The van der Waals surface area contributed by atoms with Gasteiger partial charge in [-0.3, -0.25) is 9.59 Å². The van der Waals surface area contributed by atoms with Gasteiger partial charge in [0.15, 0.2) is 0 Å². The van der Waals surface area contributed by atoms with E-state index in [9.17, 15) is 9.59 Å². The average molecular weight is 299 g/mol. The van der Waals surface area contributed by atoms with E-state index < -0.39 is 18.4 Å². The zero-order valence-electron chi connectivity index (χ0n) is 12.2. The number of rotatable bonds is 6. The summed E-state index contributed by atoms with van der Waals surface area (Å²) in [5.41, 5.74) is 0.703. The number of benzene rings is 2. The van der Waals surface area contributed by atoms with Crippen molar-refractivity contribution in [3.05, 3.63) is 60.2 Å². The zero-order valence-corrected chi connectivity index (χ0v) is 12.2. The summed E-state index contributed by atoms with van der Waals surface area (Å²) >= 11 is 0. The molecule has 0 aliphatic carbocycles. The van der Waals surface area contributed by atoms with Gasteiger partial charge in [0.05, 0.1) is 5.92 Å². The first kappa shape index (κ1) is 15.6. The van der Waals surface area contributed by atoms with Crippen LogP contribution >= 0.6 is 0 Å². The number of nitrogens with one attached hydrogen (secondary N) is 1. The minimum Gasteiger partial charge on any atom is -0.480 e. The van der Waals surface area contributed by atoms with Crippen molar-refractivity contribution < 1.29 is 19.4 Å². The van der Waals surface area contributed by atoms with Crippen molar-refractivity contribution >= 4 is 11.9 Å². The fourth-order valence-electron chi connectivity index (χ4n) is 2.00. The normalized spacial score (nSPS) is 11.5. The average Bonchev–Trinajstić information content (AvgIpc) is 2.53. The number of amides is 1. The minimum absolute atomic E-state index is 0.355. The second kappa shape index (κ2) is 7.26. The molecule has 0 fully saturated rings. The molecule has 2 aromatic carbocycles. The second-order valence-electron chi connectivity index (χ2n) is 4.79. The van der Waals surface area contributed by atoms with Crippen LogP contribution in [0.1, 0.15) is 18.4 Å². The van der Waals surface area contributed by atoms with Crippen LogP contribution in [0.3, 0.4) is 0 Å². The third-order valence-electron chi connectivity index (χ3n) is 3.16. The lowest BCUT2D eigenvalue weighted by atomic mass is 9.99. The van der Waals surface area contributed by atoms with Crippen molar-refractivity contribution in [3.8, 4) is 11.5 Å². The van der Waals surface area contributed by atoms with Gasteiger partial charge in [-0.25, -0.2) is 0 Å². The Hall–Kier alpha value is -2.82. The number of carbonyl (C=O) groups excluding carboxylic acids is 1. The van der Waals surface area contributed by atoms with E-state index in [1.807, 2.05) is 42.5 Å². The van der Waals surface area contributed by atoms with Crippen LogP contribution in [0.4, 0.5) is 0 Å². The number of carboxylic acid groups (broad SMARTS) is 1. The Labute approximate surface area is 128 Å². The monoisotopic (exact) mass is 299 g/mol. The van der Waals surface area contributed by atoms with Gasteiger partial charge in [0.1, 0.15) is 18.0 Å². The fourth-order valence-corrected chi connectivity index (χ4v) is 2.00. The Kier molecular flexibility index (Phi) is 5.14. The number of para-hydroxylation sites is 2. The summed E-state index contributed by atoms with van der Waals surface area (Å²) < 4.78 is 5.81. The number of ether oxygens (including phenoxy) is 1. The van der Waals surface area contributed by atoms with Gasteiger partial charge in [0, 0.05) is 5.56 Å². The third-order valence-corrected chi connectivity index (χ3v) is 3.16. The predicted molar refractivity (Wildman–Crippen MR) is 82.0 cm³/mol. The van der Waals surface area contributed by atoms with E-state index in [0.717, 1.165) is 0 Å². The maximum absolute atomic E-state index is 12.0. The van der Waals surface area contributed by atoms with Gasteiger partial charge >= 0.3 is 5.97 Å². The predicted octanol–water partition coefficient (Wildman–Crippen LogP) is 2.78. The van der Waals surface area contributed by atoms with E-state index >= 15 is 0 Å². The molecule has 5 heteroatoms. The van der Waals surface area contributed by atoms with Crippen LogP contribution in [0, 0.1) is 0 Å². The van der Waals surface area contributed by atoms with Crippen LogP contribution in [0.2, 0.25) is 0 Å². The number of carboxylic acids is 1. The van der Waals surface area contributed by atoms with E-state index in [4.69, 9.17) is 9.84 Å². The second-order valence-corrected chi connectivity index (χ2v) is 4.79. The highest BCUT2D eigenvalue weighted by Gasteiger charge is 2.19. The van der Waals surface area contributed by atoms with Gasteiger partial charge in [-0.2, -0.15) is 0 Å². The maximum Gasteiger partial charge on any atom is 0.322 e. The molecule has 2 aromatic rings. The van der Waals surface area contributed by atoms with E-state index in [0.29, 0.717) is 17.1 Å². The number of hydrogen-bond donors (Lipinski definition) is 2. The molecule has 22 heavy (non-hydrogen) atoms. The summed E-state index contributed by atoms with van der Waals surface area (Å²) in [6.07, 6.45) is 0. The van der Waals surface area contributed by atoms with Crippen LogP contribution in [0.5, 0.6) is 11.5 Å². The molecule has 1 amide bonds. The molecule has 0 saturated carbocycles. The third kappa shape index (κ3) is 4.09. The fraction of sp³-hybridized carbons (Fsp3) is 0.176. The van der Waals surface area contributed by atoms with Crippen LogP contribution in [-0.4, -0.2) is 23.5 Å². The van der Waals surface area contributed by atoms with Crippen LogP contribution in [0.15, 0.2) is 54.6 Å². The van der Waals surface area contributed by atoms with Gasteiger partial charge in [0.2, 0.25) is 5.91 Å². The molecule has 0 radical (unpaired) electrons. The van der Waals surface area contributed by atoms with E-state index in [2.05, 4.69) is 5.32 Å². The summed E-state index contributed by atoms with van der Waals surface area (Å²) in [4.78, 5) is 22.6. The van der Waals surface area contributed by atoms with Crippen molar-refractivity contribution in [1.29, 1.82) is 0 Å². The molecule has 0 spiro atoms. The van der Waals surface area contributed by atoms with Crippen molar-refractivity contribution in [3.63, 3.8) is 0 Å². The van der Waals surface area contributed by atoms with Gasteiger partial charge in [-0.05, 0) is 25.1 Å². The first-order valence-electron chi connectivity index (χ1n) is 6.89. The molecule has 2 rings (SSSR count). The Morgan fingerprint density at radius 2 is 1.73 bits per heavy atom. The molecule has 2 N–H and O–H groups in total. The van der Waals surface area contributed by atoms with Crippen LogP contribution in [-0.2, 0) is 9.59 Å². The molecule has 0 aromatic heterocycles. The highest BCUT2D eigenvalue weighted by Crippen LogP contribution is 2.30. The lowest BCUT2D eigenvalue weighted by Gasteiger charge is -2.16.